The second kappa shape index (κ2) is 6.55. The molecule has 3 N–H and O–H groups in total. The molecule has 1 unspecified atom stereocenters. The predicted molar refractivity (Wildman–Crippen MR) is 68.1 cm³/mol. The lowest BCUT2D eigenvalue weighted by Gasteiger charge is -2.20. The Hall–Kier alpha value is -1.01. The number of nitrogens with one attached hydrogen (secondary N) is 1. The molecular weight excluding hydrogens is 222 g/mol. The van der Waals surface area contributed by atoms with Crippen molar-refractivity contribution in [2.24, 2.45) is 11.7 Å². The van der Waals surface area contributed by atoms with E-state index in [0.29, 0.717) is 5.92 Å². The molecule has 0 saturated carbocycles. The molecule has 1 heterocycles. The van der Waals surface area contributed by atoms with Crippen molar-refractivity contribution in [2.75, 3.05) is 6.54 Å². The van der Waals surface area contributed by atoms with Crippen LogP contribution in [0, 0.1) is 5.92 Å². The van der Waals surface area contributed by atoms with Gasteiger partial charge in [0.15, 0.2) is 0 Å². The lowest BCUT2D eigenvalue weighted by atomic mass is 10.0. The van der Waals surface area contributed by atoms with Crippen molar-refractivity contribution in [1.29, 1.82) is 0 Å². The normalized spacial score (nSPS) is 14.4. The minimum atomic E-state index is -0.0595. The van der Waals surface area contributed by atoms with Crippen molar-refractivity contribution >= 4 is 17.2 Å². The van der Waals surface area contributed by atoms with Crippen LogP contribution in [0.15, 0.2) is 12.7 Å². The molecule has 0 spiro atoms. The van der Waals surface area contributed by atoms with Gasteiger partial charge in [-0.25, -0.2) is 4.98 Å². The van der Waals surface area contributed by atoms with Crippen molar-refractivity contribution in [3.63, 3.8) is 0 Å². The highest BCUT2D eigenvalue weighted by Crippen LogP contribution is 2.05. The van der Waals surface area contributed by atoms with Gasteiger partial charge in [-0.1, -0.05) is 32.5 Å². The molecule has 6 heteroatoms. The Bertz CT molecular complexity index is 311. The summed E-state index contributed by atoms with van der Waals surface area (Å²) in [5.41, 5.74) is 5.99. The van der Waals surface area contributed by atoms with Crippen molar-refractivity contribution < 1.29 is 0 Å². The Labute approximate surface area is 101 Å². The van der Waals surface area contributed by atoms with Crippen LogP contribution in [-0.4, -0.2) is 32.3 Å². The summed E-state index contributed by atoms with van der Waals surface area (Å²) in [5.74, 6) is 0.409. The van der Waals surface area contributed by atoms with Gasteiger partial charge in [-0.2, -0.15) is 5.10 Å². The molecule has 0 aliphatic carbocycles. The second-order valence-electron chi connectivity index (χ2n) is 3.86. The van der Waals surface area contributed by atoms with E-state index < -0.39 is 0 Å². The molecule has 0 fully saturated rings. The van der Waals surface area contributed by atoms with E-state index in [1.807, 2.05) is 0 Å². The molecule has 0 amide bonds. The standard InChI is InChI=1S/C10H19N5S/c1-3-8(2)9(11)10(16)13-4-5-15-7-12-6-14-15/h6-9H,3-5,11H2,1-2H3,(H,13,16)/t8?,9-/m0/s1. The first kappa shape index (κ1) is 13.1. The zero-order chi connectivity index (χ0) is 12.0. The van der Waals surface area contributed by atoms with Crippen LogP contribution in [0.3, 0.4) is 0 Å². The van der Waals surface area contributed by atoms with Crippen LogP contribution in [0.2, 0.25) is 0 Å². The highest BCUT2D eigenvalue weighted by molar-refractivity contribution is 7.80. The van der Waals surface area contributed by atoms with E-state index in [9.17, 15) is 0 Å². The lowest BCUT2D eigenvalue weighted by Crippen LogP contribution is -2.44. The van der Waals surface area contributed by atoms with Crippen LogP contribution in [0.4, 0.5) is 0 Å². The van der Waals surface area contributed by atoms with Crippen LogP contribution in [-0.2, 0) is 6.54 Å². The maximum absolute atomic E-state index is 5.99. The fourth-order valence-electron chi connectivity index (χ4n) is 1.27. The maximum atomic E-state index is 5.99. The number of hydrogen-bond acceptors (Lipinski definition) is 4. The Balaban J connectivity index is 2.24. The summed E-state index contributed by atoms with van der Waals surface area (Å²) in [6.07, 6.45) is 4.23. The average molecular weight is 241 g/mol. The van der Waals surface area contributed by atoms with Gasteiger partial charge >= 0.3 is 0 Å². The first-order valence-electron chi connectivity index (χ1n) is 5.50. The third kappa shape index (κ3) is 3.86. The number of thiocarbonyl (C=S) groups is 1. The lowest BCUT2D eigenvalue weighted by molar-refractivity contribution is 0.513. The fourth-order valence-corrected chi connectivity index (χ4v) is 1.61. The SMILES string of the molecule is CCC(C)[C@H](N)C(=S)NCCn1cncn1. The van der Waals surface area contributed by atoms with Gasteiger partial charge in [0.2, 0.25) is 0 Å². The molecule has 0 radical (unpaired) electrons. The van der Waals surface area contributed by atoms with Gasteiger partial charge in [0.05, 0.1) is 17.6 Å². The molecule has 2 atom stereocenters. The van der Waals surface area contributed by atoms with E-state index in [4.69, 9.17) is 18.0 Å². The minimum Gasteiger partial charge on any atom is -0.376 e. The van der Waals surface area contributed by atoms with E-state index in [1.165, 1.54) is 6.33 Å². The summed E-state index contributed by atoms with van der Waals surface area (Å²) in [5, 5.41) is 7.15. The molecule has 1 aromatic rings. The van der Waals surface area contributed by atoms with E-state index in [1.54, 1.807) is 11.0 Å². The molecule has 0 aromatic carbocycles. The predicted octanol–water partition coefficient (Wildman–Crippen LogP) is 0.568. The van der Waals surface area contributed by atoms with Crippen LogP contribution in [0.1, 0.15) is 20.3 Å². The van der Waals surface area contributed by atoms with Crippen LogP contribution in [0.25, 0.3) is 0 Å². The van der Waals surface area contributed by atoms with Gasteiger partial charge in [0.1, 0.15) is 12.7 Å². The summed E-state index contributed by atoms with van der Waals surface area (Å²) < 4.78 is 1.75. The third-order valence-electron chi connectivity index (χ3n) is 2.67. The van der Waals surface area contributed by atoms with Gasteiger partial charge in [0.25, 0.3) is 0 Å². The second-order valence-corrected chi connectivity index (χ2v) is 4.30. The van der Waals surface area contributed by atoms with Crippen LogP contribution in [0.5, 0.6) is 0 Å². The van der Waals surface area contributed by atoms with Gasteiger partial charge in [-0.05, 0) is 5.92 Å². The van der Waals surface area contributed by atoms with Crippen molar-refractivity contribution in [2.45, 2.75) is 32.9 Å². The molecule has 5 nitrogen and oxygen atoms in total. The molecule has 16 heavy (non-hydrogen) atoms. The summed E-state index contributed by atoms with van der Waals surface area (Å²) in [6.45, 7) is 5.69. The molecular formula is C10H19N5S. The monoisotopic (exact) mass is 241 g/mol. The fraction of sp³-hybridized carbons (Fsp3) is 0.700. The highest BCUT2D eigenvalue weighted by Gasteiger charge is 2.15. The molecule has 1 aromatic heterocycles. The van der Waals surface area contributed by atoms with Gasteiger partial charge < -0.3 is 11.1 Å². The van der Waals surface area contributed by atoms with Gasteiger partial charge in [-0.15, -0.1) is 0 Å². The third-order valence-corrected chi connectivity index (χ3v) is 3.08. The quantitative estimate of drug-likeness (QED) is 0.713. The Morgan fingerprint density at radius 2 is 2.38 bits per heavy atom. The first-order valence-corrected chi connectivity index (χ1v) is 5.91. The van der Waals surface area contributed by atoms with E-state index in [-0.39, 0.29) is 6.04 Å². The highest BCUT2D eigenvalue weighted by atomic mass is 32.1. The summed E-state index contributed by atoms with van der Waals surface area (Å²) >= 11 is 5.23. The Morgan fingerprint density at radius 1 is 1.62 bits per heavy atom. The van der Waals surface area contributed by atoms with E-state index >= 15 is 0 Å². The van der Waals surface area contributed by atoms with Crippen LogP contribution >= 0.6 is 12.2 Å². The topological polar surface area (TPSA) is 68.8 Å². The number of aromatic nitrogens is 3. The van der Waals surface area contributed by atoms with E-state index in [0.717, 1.165) is 24.5 Å². The Kier molecular flexibility index (Phi) is 5.34. The molecule has 0 aliphatic rings. The zero-order valence-electron chi connectivity index (χ0n) is 9.76. The van der Waals surface area contributed by atoms with Gasteiger partial charge in [0, 0.05) is 6.54 Å². The smallest absolute Gasteiger partial charge is 0.137 e. The Morgan fingerprint density at radius 3 is 2.94 bits per heavy atom. The molecule has 0 aliphatic heterocycles. The van der Waals surface area contributed by atoms with Crippen molar-refractivity contribution in [3.05, 3.63) is 12.7 Å². The van der Waals surface area contributed by atoms with Crippen molar-refractivity contribution in [1.82, 2.24) is 20.1 Å². The summed E-state index contributed by atoms with van der Waals surface area (Å²) in [4.78, 5) is 4.59. The zero-order valence-corrected chi connectivity index (χ0v) is 10.6. The van der Waals surface area contributed by atoms with Crippen molar-refractivity contribution in [3.8, 4) is 0 Å². The molecule has 1 rings (SSSR count). The number of rotatable bonds is 6. The van der Waals surface area contributed by atoms with E-state index in [2.05, 4.69) is 29.2 Å². The molecule has 0 saturated heterocycles. The summed E-state index contributed by atoms with van der Waals surface area (Å²) in [6, 6.07) is -0.0595. The molecule has 90 valence electrons. The number of nitrogens with two attached hydrogens (primary N) is 1. The number of hydrogen-bond donors (Lipinski definition) is 2. The minimum absolute atomic E-state index is 0.0595. The maximum Gasteiger partial charge on any atom is 0.137 e. The average Bonchev–Trinajstić information content (AvgIpc) is 2.79. The first-order chi connectivity index (χ1) is 7.65. The van der Waals surface area contributed by atoms with Gasteiger partial charge in [-0.3, -0.25) is 4.68 Å². The number of nitrogens with zero attached hydrogens (tertiary/aromatic N) is 3. The van der Waals surface area contributed by atoms with Crippen LogP contribution < -0.4 is 11.1 Å². The molecule has 0 bridgehead atoms. The summed E-state index contributed by atoms with van der Waals surface area (Å²) in [7, 11) is 0. The largest absolute Gasteiger partial charge is 0.376 e.